The molecule has 0 saturated carbocycles. The number of furan rings is 1. The van der Waals surface area contributed by atoms with Gasteiger partial charge in [-0.15, -0.1) is 0 Å². The molecule has 174 valence electrons. The summed E-state index contributed by atoms with van der Waals surface area (Å²) in [7, 11) is 1.58. The highest BCUT2D eigenvalue weighted by Crippen LogP contribution is 2.27. The first-order valence-electron chi connectivity index (χ1n) is 10.9. The van der Waals surface area contributed by atoms with Gasteiger partial charge < -0.3 is 23.9 Å². The van der Waals surface area contributed by atoms with E-state index in [0.717, 1.165) is 11.3 Å². The number of para-hydroxylation sites is 2. The molecule has 0 spiro atoms. The van der Waals surface area contributed by atoms with E-state index in [9.17, 15) is 4.79 Å². The molecule has 2 aromatic heterocycles. The Bertz CT molecular complexity index is 1220. The molecule has 7 heteroatoms. The van der Waals surface area contributed by atoms with Crippen molar-refractivity contribution < 1.29 is 23.4 Å². The highest BCUT2D eigenvalue weighted by atomic mass is 16.5. The number of nitrogens with one attached hydrogen (secondary N) is 1. The van der Waals surface area contributed by atoms with Gasteiger partial charge in [-0.3, -0.25) is 9.78 Å². The van der Waals surface area contributed by atoms with Gasteiger partial charge >= 0.3 is 0 Å². The first-order valence-corrected chi connectivity index (χ1v) is 10.9. The number of carbonyl (C=O) groups is 1. The van der Waals surface area contributed by atoms with Crippen LogP contribution in [-0.2, 0) is 13.2 Å². The lowest BCUT2D eigenvalue weighted by atomic mass is 10.1. The lowest BCUT2D eigenvalue weighted by Gasteiger charge is -2.15. The molecule has 4 rings (SSSR count). The van der Waals surface area contributed by atoms with E-state index in [-0.39, 0.29) is 24.3 Å². The Morgan fingerprint density at radius 1 is 0.941 bits per heavy atom. The van der Waals surface area contributed by atoms with Gasteiger partial charge in [-0.25, -0.2) is 0 Å². The van der Waals surface area contributed by atoms with Crippen molar-refractivity contribution in [3.05, 3.63) is 108 Å². The van der Waals surface area contributed by atoms with Crippen molar-refractivity contribution in [3.63, 3.8) is 0 Å². The van der Waals surface area contributed by atoms with Gasteiger partial charge in [-0.05, 0) is 61.0 Å². The van der Waals surface area contributed by atoms with Crippen LogP contribution in [0, 0.1) is 0 Å². The molecule has 4 aromatic rings. The third-order valence-corrected chi connectivity index (χ3v) is 5.14. The summed E-state index contributed by atoms with van der Waals surface area (Å²) in [4.78, 5) is 17.0. The maximum absolute atomic E-state index is 12.7. The molecule has 7 nitrogen and oxygen atoms in total. The number of hydrogen-bond donors (Lipinski definition) is 1. The first-order chi connectivity index (χ1) is 16.6. The smallest absolute Gasteiger partial charge is 0.287 e. The maximum atomic E-state index is 12.7. The Kier molecular flexibility index (Phi) is 7.45. The summed E-state index contributed by atoms with van der Waals surface area (Å²) < 4.78 is 22.6. The summed E-state index contributed by atoms with van der Waals surface area (Å²) in [5.74, 6) is 2.38. The molecule has 2 aromatic carbocycles. The number of carbonyl (C=O) groups excluding carboxylic acids is 1. The molecule has 0 bridgehead atoms. The van der Waals surface area contributed by atoms with Crippen LogP contribution in [0.15, 0.2) is 89.5 Å². The molecular formula is C27H26N2O5. The minimum atomic E-state index is -0.309. The Hall–Kier alpha value is -4.26. The zero-order chi connectivity index (χ0) is 23.8. The maximum Gasteiger partial charge on any atom is 0.287 e. The zero-order valence-electron chi connectivity index (χ0n) is 19.1. The van der Waals surface area contributed by atoms with Crippen LogP contribution in [0.25, 0.3) is 0 Å². The van der Waals surface area contributed by atoms with Crippen LogP contribution in [0.3, 0.4) is 0 Å². The number of amides is 1. The second-order valence-corrected chi connectivity index (χ2v) is 7.58. The van der Waals surface area contributed by atoms with E-state index < -0.39 is 0 Å². The van der Waals surface area contributed by atoms with Crippen molar-refractivity contribution in [3.8, 4) is 17.2 Å². The fourth-order valence-electron chi connectivity index (χ4n) is 3.33. The highest BCUT2D eigenvalue weighted by molar-refractivity contribution is 5.91. The van der Waals surface area contributed by atoms with Gasteiger partial charge in [-0.1, -0.05) is 30.3 Å². The summed E-state index contributed by atoms with van der Waals surface area (Å²) in [6.45, 7) is 2.46. The molecule has 0 fully saturated rings. The number of ether oxygens (including phenoxy) is 3. The number of benzene rings is 2. The molecule has 0 aliphatic carbocycles. The zero-order valence-corrected chi connectivity index (χ0v) is 19.1. The SMILES string of the molecule is COc1ccccc1OCc1ccc(C(=O)NC(C)c2cccc(OCc3ccccn3)c2)o1. The van der Waals surface area contributed by atoms with Gasteiger partial charge in [0.25, 0.3) is 5.91 Å². The third-order valence-electron chi connectivity index (χ3n) is 5.14. The number of rotatable bonds is 10. The Labute approximate surface area is 198 Å². The van der Waals surface area contributed by atoms with Crippen molar-refractivity contribution in [1.82, 2.24) is 10.3 Å². The molecule has 1 amide bonds. The highest BCUT2D eigenvalue weighted by Gasteiger charge is 2.16. The quantitative estimate of drug-likeness (QED) is 0.346. The van der Waals surface area contributed by atoms with Crippen LogP contribution in [0.2, 0.25) is 0 Å². The molecule has 1 unspecified atom stereocenters. The van der Waals surface area contributed by atoms with Crippen molar-refractivity contribution in [1.29, 1.82) is 0 Å². The van der Waals surface area contributed by atoms with Crippen LogP contribution in [-0.4, -0.2) is 18.0 Å². The Morgan fingerprint density at radius 2 is 1.76 bits per heavy atom. The van der Waals surface area contributed by atoms with E-state index >= 15 is 0 Å². The number of aromatic nitrogens is 1. The van der Waals surface area contributed by atoms with Gasteiger partial charge in [0.2, 0.25) is 0 Å². The fraction of sp³-hybridized carbons (Fsp3) is 0.185. The largest absolute Gasteiger partial charge is 0.493 e. The van der Waals surface area contributed by atoms with Crippen molar-refractivity contribution in [2.45, 2.75) is 26.2 Å². The van der Waals surface area contributed by atoms with Gasteiger partial charge in [0.1, 0.15) is 24.7 Å². The second-order valence-electron chi connectivity index (χ2n) is 7.58. The van der Waals surface area contributed by atoms with E-state index in [0.29, 0.717) is 29.6 Å². The van der Waals surface area contributed by atoms with E-state index in [2.05, 4.69) is 10.3 Å². The van der Waals surface area contributed by atoms with Gasteiger partial charge in [-0.2, -0.15) is 0 Å². The third kappa shape index (κ3) is 5.95. The molecule has 1 atom stereocenters. The van der Waals surface area contributed by atoms with Crippen LogP contribution in [0.5, 0.6) is 17.2 Å². The fourth-order valence-corrected chi connectivity index (χ4v) is 3.33. The molecule has 34 heavy (non-hydrogen) atoms. The normalized spacial score (nSPS) is 11.5. The van der Waals surface area contributed by atoms with Crippen molar-refractivity contribution in [2.75, 3.05) is 7.11 Å². The average molecular weight is 459 g/mol. The topological polar surface area (TPSA) is 82.8 Å². The minimum absolute atomic E-state index is 0.179. The minimum Gasteiger partial charge on any atom is -0.493 e. The summed E-state index contributed by atoms with van der Waals surface area (Å²) >= 11 is 0. The van der Waals surface area contributed by atoms with Gasteiger partial charge in [0.05, 0.1) is 18.8 Å². The number of nitrogens with zero attached hydrogens (tertiary/aromatic N) is 1. The molecule has 2 heterocycles. The Balaban J connectivity index is 1.32. The lowest BCUT2D eigenvalue weighted by Crippen LogP contribution is -2.26. The Morgan fingerprint density at radius 3 is 2.56 bits per heavy atom. The van der Waals surface area contributed by atoms with Crippen LogP contribution < -0.4 is 19.5 Å². The van der Waals surface area contributed by atoms with E-state index in [1.54, 1.807) is 25.4 Å². The summed E-state index contributed by atoms with van der Waals surface area (Å²) in [6, 6.07) is 23.8. The van der Waals surface area contributed by atoms with Crippen LogP contribution in [0.1, 0.15) is 40.5 Å². The average Bonchev–Trinajstić information content (AvgIpc) is 3.36. The van der Waals surface area contributed by atoms with Crippen LogP contribution >= 0.6 is 0 Å². The van der Waals surface area contributed by atoms with E-state index in [4.69, 9.17) is 18.6 Å². The van der Waals surface area contributed by atoms with Crippen molar-refractivity contribution >= 4 is 5.91 Å². The predicted octanol–water partition coefficient (Wildman–Crippen LogP) is 5.33. The first kappa shape index (κ1) is 22.9. The standard InChI is InChI=1S/C27H26N2O5/c1-19(20-8-7-10-22(16-20)32-17-21-9-5-6-15-28-21)29-27(30)26-14-13-23(34-26)18-33-25-12-4-3-11-24(25)31-2/h3-16,19H,17-18H2,1-2H3,(H,29,30). The second kappa shape index (κ2) is 11.0. The molecular weight excluding hydrogens is 432 g/mol. The lowest BCUT2D eigenvalue weighted by molar-refractivity contribution is 0.0907. The van der Waals surface area contributed by atoms with Gasteiger partial charge in [0, 0.05) is 6.20 Å². The number of pyridine rings is 1. The number of methoxy groups -OCH3 is 1. The summed E-state index contributed by atoms with van der Waals surface area (Å²) in [6.07, 6.45) is 1.73. The monoisotopic (exact) mass is 458 g/mol. The predicted molar refractivity (Wildman–Crippen MR) is 127 cm³/mol. The molecule has 0 aliphatic rings. The molecule has 0 radical (unpaired) electrons. The number of hydrogen-bond acceptors (Lipinski definition) is 6. The van der Waals surface area contributed by atoms with Gasteiger partial charge in [0.15, 0.2) is 17.3 Å². The summed E-state index contributed by atoms with van der Waals surface area (Å²) in [5, 5.41) is 2.96. The molecule has 0 saturated heterocycles. The summed E-state index contributed by atoms with van der Waals surface area (Å²) in [5.41, 5.74) is 1.76. The molecule has 1 N–H and O–H groups in total. The van der Waals surface area contributed by atoms with E-state index in [1.807, 2.05) is 73.7 Å². The molecule has 0 aliphatic heterocycles. The van der Waals surface area contributed by atoms with Crippen LogP contribution in [0.4, 0.5) is 0 Å². The van der Waals surface area contributed by atoms with E-state index in [1.165, 1.54) is 0 Å². The van der Waals surface area contributed by atoms with Crippen molar-refractivity contribution in [2.24, 2.45) is 0 Å².